The van der Waals surface area contributed by atoms with Crippen LogP contribution in [0.4, 0.5) is 19.0 Å². The van der Waals surface area contributed by atoms with E-state index in [1.165, 1.54) is 34.2 Å². The number of hydrazone groups is 1. The van der Waals surface area contributed by atoms with E-state index in [1.807, 2.05) is 0 Å². The zero-order chi connectivity index (χ0) is 22.0. The van der Waals surface area contributed by atoms with Crippen LogP contribution in [0.1, 0.15) is 21.6 Å². The lowest BCUT2D eigenvalue weighted by Crippen LogP contribution is -2.19. The van der Waals surface area contributed by atoms with E-state index < -0.39 is 17.6 Å². The highest BCUT2D eigenvalue weighted by molar-refractivity contribution is 7.13. The SMILES string of the molecule is Nc1nonc1-n1nnc(C(=O)N/N=C\c2ccccc2C(F)(F)F)c1-c1cccs1. The molecular formula is C17H11F3N8O2S. The quantitative estimate of drug-likeness (QED) is 0.354. The number of halogens is 3. The van der Waals surface area contributed by atoms with Crippen molar-refractivity contribution in [3.8, 4) is 16.4 Å². The van der Waals surface area contributed by atoms with Crippen LogP contribution in [0.15, 0.2) is 51.5 Å². The average molecular weight is 448 g/mol. The summed E-state index contributed by atoms with van der Waals surface area (Å²) in [6, 6.07) is 8.29. The fourth-order valence-corrected chi connectivity index (χ4v) is 3.39. The number of nitrogens with zero attached hydrogens (tertiary/aromatic N) is 6. The average Bonchev–Trinajstić information content (AvgIpc) is 3.47. The van der Waals surface area contributed by atoms with Crippen LogP contribution in [-0.2, 0) is 6.18 Å². The number of hydrogen-bond donors (Lipinski definition) is 2. The lowest BCUT2D eigenvalue weighted by Gasteiger charge is -2.09. The van der Waals surface area contributed by atoms with Gasteiger partial charge in [-0.2, -0.15) is 23.0 Å². The molecule has 0 unspecified atom stereocenters. The second-order valence-electron chi connectivity index (χ2n) is 5.93. The number of hydrogen-bond acceptors (Lipinski definition) is 9. The van der Waals surface area contributed by atoms with Gasteiger partial charge >= 0.3 is 6.18 Å². The van der Waals surface area contributed by atoms with Crippen molar-refractivity contribution in [1.29, 1.82) is 0 Å². The number of nitrogen functional groups attached to an aromatic ring is 1. The van der Waals surface area contributed by atoms with Gasteiger partial charge in [-0.1, -0.05) is 29.5 Å². The van der Waals surface area contributed by atoms with Gasteiger partial charge in [0.25, 0.3) is 5.91 Å². The minimum atomic E-state index is -4.56. The Balaban J connectivity index is 1.64. The molecule has 3 heterocycles. The van der Waals surface area contributed by atoms with E-state index in [-0.39, 0.29) is 28.6 Å². The van der Waals surface area contributed by atoms with Crippen molar-refractivity contribution in [2.24, 2.45) is 5.10 Å². The van der Waals surface area contributed by atoms with Crippen LogP contribution in [-0.4, -0.2) is 37.4 Å². The lowest BCUT2D eigenvalue weighted by molar-refractivity contribution is -0.137. The van der Waals surface area contributed by atoms with Crippen molar-refractivity contribution in [2.45, 2.75) is 6.18 Å². The van der Waals surface area contributed by atoms with Crippen molar-refractivity contribution >= 4 is 29.3 Å². The summed E-state index contributed by atoms with van der Waals surface area (Å²) >= 11 is 1.29. The maximum absolute atomic E-state index is 13.1. The number of anilines is 1. The Morgan fingerprint density at radius 1 is 1.23 bits per heavy atom. The molecule has 3 N–H and O–H groups in total. The summed E-state index contributed by atoms with van der Waals surface area (Å²) in [6.45, 7) is 0. The van der Waals surface area contributed by atoms with Gasteiger partial charge < -0.3 is 5.73 Å². The molecule has 0 radical (unpaired) electrons. The van der Waals surface area contributed by atoms with E-state index in [2.05, 4.69) is 35.8 Å². The van der Waals surface area contributed by atoms with Crippen LogP contribution in [0.2, 0.25) is 0 Å². The highest BCUT2D eigenvalue weighted by atomic mass is 32.1. The van der Waals surface area contributed by atoms with Gasteiger partial charge in [-0.05, 0) is 27.8 Å². The summed E-state index contributed by atoms with van der Waals surface area (Å²) in [7, 11) is 0. The molecule has 0 aliphatic rings. The van der Waals surface area contributed by atoms with Crippen LogP contribution in [0.25, 0.3) is 16.4 Å². The molecule has 158 valence electrons. The fraction of sp³-hybridized carbons (Fsp3) is 0.0588. The van der Waals surface area contributed by atoms with Gasteiger partial charge in [-0.25, -0.2) is 10.1 Å². The first kappa shape index (κ1) is 20.2. The van der Waals surface area contributed by atoms with Gasteiger partial charge in [0.1, 0.15) is 5.69 Å². The van der Waals surface area contributed by atoms with Crippen LogP contribution >= 0.6 is 11.3 Å². The Bertz CT molecular complexity index is 1250. The summed E-state index contributed by atoms with van der Waals surface area (Å²) in [4.78, 5) is 13.3. The van der Waals surface area contributed by atoms with Crippen molar-refractivity contribution in [3.63, 3.8) is 0 Å². The lowest BCUT2D eigenvalue weighted by atomic mass is 10.1. The predicted molar refractivity (Wildman–Crippen MR) is 103 cm³/mol. The minimum absolute atomic E-state index is 0.0255. The third-order valence-electron chi connectivity index (χ3n) is 3.97. The van der Waals surface area contributed by atoms with Gasteiger partial charge in [0.15, 0.2) is 5.69 Å². The molecule has 4 rings (SSSR count). The molecule has 1 aromatic carbocycles. The molecule has 0 atom stereocenters. The monoisotopic (exact) mass is 448 g/mol. The molecule has 0 bridgehead atoms. The minimum Gasteiger partial charge on any atom is -0.378 e. The topological polar surface area (TPSA) is 137 Å². The maximum Gasteiger partial charge on any atom is 0.417 e. The number of thiophene rings is 1. The van der Waals surface area contributed by atoms with Gasteiger partial charge in [-0.3, -0.25) is 4.79 Å². The number of nitrogens with one attached hydrogen (secondary N) is 1. The molecule has 14 heteroatoms. The number of carbonyl (C=O) groups is 1. The molecule has 0 saturated heterocycles. The fourth-order valence-electron chi connectivity index (χ4n) is 2.64. The van der Waals surface area contributed by atoms with Crippen molar-refractivity contribution in [1.82, 2.24) is 30.7 Å². The van der Waals surface area contributed by atoms with Crippen LogP contribution in [0.3, 0.4) is 0 Å². The third kappa shape index (κ3) is 4.00. The largest absolute Gasteiger partial charge is 0.417 e. The second kappa shape index (κ2) is 7.98. The van der Waals surface area contributed by atoms with Gasteiger partial charge in [0.05, 0.1) is 16.7 Å². The molecule has 0 spiro atoms. The molecule has 0 aliphatic carbocycles. The second-order valence-corrected chi connectivity index (χ2v) is 6.88. The highest BCUT2D eigenvalue weighted by Gasteiger charge is 2.32. The molecule has 3 aromatic heterocycles. The Hall–Kier alpha value is -4.07. The number of carbonyl (C=O) groups excluding carboxylic acids is 1. The van der Waals surface area contributed by atoms with Gasteiger partial charge in [-0.15, -0.1) is 16.4 Å². The number of alkyl halides is 3. The molecular weight excluding hydrogens is 437 g/mol. The maximum atomic E-state index is 13.1. The number of rotatable bonds is 5. The molecule has 0 aliphatic heterocycles. The van der Waals surface area contributed by atoms with E-state index in [0.29, 0.717) is 4.88 Å². The summed E-state index contributed by atoms with van der Waals surface area (Å²) in [5, 5.41) is 20.2. The number of nitrogens with two attached hydrogens (primary N) is 1. The predicted octanol–water partition coefficient (Wildman–Crippen LogP) is 2.74. The molecule has 0 saturated carbocycles. The van der Waals surface area contributed by atoms with Gasteiger partial charge in [0, 0.05) is 5.56 Å². The number of amides is 1. The first-order valence-electron chi connectivity index (χ1n) is 8.44. The van der Waals surface area contributed by atoms with E-state index in [0.717, 1.165) is 12.3 Å². The standard InChI is InChI=1S/C17H11F3N8O2S/c18-17(19,20)10-5-2-1-4-9(10)8-22-24-16(29)12-13(11-6-3-7-31-11)28(27-23-12)15-14(21)25-30-26-15/h1-8H,(H2,21,25)(H,24,29)/b22-8-. The van der Waals surface area contributed by atoms with Crippen LogP contribution in [0.5, 0.6) is 0 Å². The van der Waals surface area contributed by atoms with Crippen LogP contribution < -0.4 is 11.2 Å². The van der Waals surface area contributed by atoms with E-state index in [1.54, 1.807) is 17.5 Å². The Labute approximate surface area is 175 Å². The smallest absolute Gasteiger partial charge is 0.378 e. The molecule has 1 amide bonds. The van der Waals surface area contributed by atoms with E-state index in [9.17, 15) is 18.0 Å². The van der Waals surface area contributed by atoms with Crippen molar-refractivity contribution in [3.05, 3.63) is 58.6 Å². The molecule has 31 heavy (non-hydrogen) atoms. The first-order chi connectivity index (χ1) is 14.9. The molecule has 10 nitrogen and oxygen atoms in total. The van der Waals surface area contributed by atoms with E-state index >= 15 is 0 Å². The van der Waals surface area contributed by atoms with Gasteiger partial charge in [0.2, 0.25) is 11.6 Å². The zero-order valence-electron chi connectivity index (χ0n) is 15.2. The Kier molecular flexibility index (Phi) is 5.21. The first-order valence-corrected chi connectivity index (χ1v) is 9.32. The van der Waals surface area contributed by atoms with E-state index in [4.69, 9.17) is 5.73 Å². The summed E-state index contributed by atoms with van der Waals surface area (Å²) in [6.07, 6.45) is -3.66. The van der Waals surface area contributed by atoms with Crippen LogP contribution in [0, 0.1) is 0 Å². The Morgan fingerprint density at radius 3 is 2.71 bits per heavy atom. The number of aromatic nitrogens is 5. The normalized spacial score (nSPS) is 11.8. The number of benzene rings is 1. The highest BCUT2D eigenvalue weighted by Crippen LogP contribution is 2.31. The molecule has 4 aromatic rings. The van der Waals surface area contributed by atoms with Crippen molar-refractivity contribution < 1.29 is 22.6 Å². The summed E-state index contributed by atoms with van der Waals surface area (Å²) < 4.78 is 45.0. The summed E-state index contributed by atoms with van der Waals surface area (Å²) in [5.74, 6) is -0.848. The Morgan fingerprint density at radius 2 is 2.03 bits per heavy atom. The molecule has 0 fully saturated rings. The van der Waals surface area contributed by atoms with Crippen molar-refractivity contribution in [2.75, 3.05) is 5.73 Å². The zero-order valence-corrected chi connectivity index (χ0v) is 16.1. The summed E-state index contributed by atoms with van der Waals surface area (Å²) in [5.41, 5.74) is 6.87. The third-order valence-corrected chi connectivity index (χ3v) is 4.85.